The van der Waals surface area contributed by atoms with E-state index < -0.39 is 17.4 Å². The summed E-state index contributed by atoms with van der Waals surface area (Å²) in [6, 6.07) is 12.5. The maximum Gasteiger partial charge on any atom is 0.327 e. The van der Waals surface area contributed by atoms with Gasteiger partial charge in [0, 0.05) is 5.56 Å². The van der Waals surface area contributed by atoms with Gasteiger partial charge >= 0.3 is 11.9 Å². The van der Waals surface area contributed by atoms with Crippen molar-refractivity contribution in [3.63, 3.8) is 0 Å². The zero-order valence-corrected chi connectivity index (χ0v) is 12.9. The summed E-state index contributed by atoms with van der Waals surface area (Å²) in [6.45, 7) is 3.00. The second kappa shape index (κ2) is 6.60. The van der Waals surface area contributed by atoms with Crippen molar-refractivity contribution in [1.82, 2.24) is 0 Å². The molecule has 0 aliphatic rings. The van der Waals surface area contributed by atoms with Gasteiger partial charge in [0.2, 0.25) is 0 Å². The van der Waals surface area contributed by atoms with E-state index in [0.29, 0.717) is 11.1 Å². The molecule has 0 heterocycles. The number of halogens is 1. The van der Waals surface area contributed by atoms with Crippen molar-refractivity contribution in [3.05, 3.63) is 59.9 Å². The average Bonchev–Trinajstić information content (AvgIpc) is 2.54. The lowest BCUT2D eigenvalue weighted by Crippen LogP contribution is -2.42. The van der Waals surface area contributed by atoms with Gasteiger partial charge in [-0.15, -0.1) is 0 Å². The number of carbonyl (C=O) groups is 2. The molecule has 0 saturated heterocycles. The molecule has 0 bridgehead atoms. The van der Waals surface area contributed by atoms with Crippen molar-refractivity contribution in [3.8, 4) is 11.1 Å². The molecule has 120 valence electrons. The third-order valence-corrected chi connectivity index (χ3v) is 3.76. The number of hydrogen-bond donors (Lipinski definition) is 1. The zero-order chi connectivity index (χ0) is 17.0. The predicted octanol–water partition coefficient (Wildman–Crippen LogP) is 3.40. The van der Waals surface area contributed by atoms with Crippen LogP contribution < -0.4 is 0 Å². The number of carboxylic acids is 1. The topological polar surface area (TPSA) is 63.6 Å². The van der Waals surface area contributed by atoms with Gasteiger partial charge in [-0.3, -0.25) is 9.59 Å². The van der Waals surface area contributed by atoms with E-state index in [2.05, 4.69) is 0 Å². The van der Waals surface area contributed by atoms with Crippen LogP contribution in [0.2, 0.25) is 0 Å². The lowest BCUT2D eigenvalue weighted by Gasteiger charge is -2.23. The van der Waals surface area contributed by atoms with Crippen LogP contribution in [0.4, 0.5) is 4.39 Å². The van der Waals surface area contributed by atoms with Gasteiger partial charge in [-0.05, 0) is 31.0 Å². The van der Waals surface area contributed by atoms with Crippen LogP contribution in [0.5, 0.6) is 0 Å². The van der Waals surface area contributed by atoms with Crippen LogP contribution in [0.1, 0.15) is 19.4 Å². The first-order chi connectivity index (χ1) is 10.9. The van der Waals surface area contributed by atoms with Gasteiger partial charge in [0.15, 0.2) is 5.41 Å². The van der Waals surface area contributed by atoms with E-state index in [1.807, 2.05) is 0 Å². The molecule has 1 atom stereocenters. The molecule has 4 nitrogen and oxygen atoms in total. The molecule has 0 radical (unpaired) electrons. The molecule has 2 aromatic rings. The fourth-order valence-corrected chi connectivity index (χ4v) is 2.28. The van der Waals surface area contributed by atoms with Gasteiger partial charge in [0.1, 0.15) is 5.82 Å². The van der Waals surface area contributed by atoms with E-state index in [4.69, 9.17) is 4.74 Å². The standard InChI is InChI=1S/C18H17FO4/c1-3-23-17(22)18(2,16(20)21)13-10-8-12(9-11-13)14-6-4-5-7-15(14)19/h4-11H,3H2,1-2H3,(H,20,21). The Morgan fingerprint density at radius 1 is 1.13 bits per heavy atom. The van der Waals surface area contributed by atoms with E-state index in [-0.39, 0.29) is 18.0 Å². The van der Waals surface area contributed by atoms with E-state index in [9.17, 15) is 19.1 Å². The monoisotopic (exact) mass is 316 g/mol. The van der Waals surface area contributed by atoms with E-state index in [1.165, 1.54) is 25.1 Å². The summed E-state index contributed by atoms with van der Waals surface area (Å²) >= 11 is 0. The Morgan fingerprint density at radius 3 is 2.26 bits per heavy atom. The van der Waals surface area contributed by atoms with Crippen molar-refractivity contribution in [2.24, 2.45) is 0 Å². The van der Waals surface area contributed by atoms with Crippen LogP contribution in [0.3, 0.4) is 0 Å². The van der Waals surface area contributed by atoms with Crippen molar-refractivity contribution < 1.29 is 23.8 Å². The van der Waals surface area contributed by atoms with E-state index in [0.717, 1.165) is 0 Å². The molecule has 0 spiro atoms. The maximum absolute atomic E-state index is 13.8. The van der Waals surface area contributed by atoms with Crippen molar-refractivity contribution in [1.29, 1.82) is 0 Å². The second-order valence-electron chi connectivity index (χ2n) is 5.21. The highest BCUT2D eigenvalue weighted by Gasteiger charge is 2.44. The molecule has 1 unspecified atom stereocenters. The molecular formula is C18H17FO4. The number of aliphatic carboxylic acids is 1. The van der Waals surface area contributed by atoms with Crippen LogP contribution in [0.15, 0.2) is 48.5 Å². The molecule has 23 heavy (non-hydrogen) atoms. The molecule has 5 heteroatoms. The van der Waals surface area contributed by atoms with E-state index >= 15 is 0 Å². The van der Waals surface area contributed by atoms with Gasteiger partial charge in [-0.25, -0.2) is 4.39 Å². The first-order valence-corrected chi connectivity index (χ1v) is 7.17. The van der Waals surface area contributed by atoms with Crippen LogP contribution in [0.25, 0.3) is 11.1 Å². The maximum atomic E-state index is 13.8. The summed E-state index contributed by atoms with van der Waals surface area (Å²) in [5.41, 5.74) is -0.511. The lowest BCUT2D eigenvalue weighted by molar-refractivity contribution is -0.160. The van der Waals surface area contributed by atoms with Gasteiger partial charge in [-0.2, -0.15) is 0 Å². The molecule has 0 aliphatic heterocycles. The molecule has 2 aromatic carbocycles. The zero-order valence-electron chi connectivity index (χ0n) is 12.9. The van der Waals surface area contributed by atoms with E-state index in [1.54, 1.807) is 37.3 Å². The summed E-state index contributed by atoms with van der Waals surface area (Å²) in [4.78, 5) is 23.6. The number of carbonyl (C=O) groups excluding carboxylic acids is 1. The lowest BCUT2D eigenvalue weighted by atomic mass is 9.82. The number of carboxylic acid groups (broad SMARTS) is 1. The van der Waals surface area contributed by atoms with Crippen LogP contribution in [-0.2, 0) is 19.7 Å². The minimum absolute atomic E-state index is 0.0923. The number of hydrogen-bond acceptors (Lipinski definition) is 3. The third kappa shape index (κ3) is 3.08. The fraction of sp³-hybridized carbons (Fsp3) is 0.222. The quantitative estimate of drug-likeness (QED) is 0.678. The Hall–Kier alpha value is -2.69. The highest BCUT2D eigenvalue weighted by molar-refractivity contribution is 6.05. The molecule has 0 saturated carbocycles. The SMILES string of the molecule is CCOC(=O)C(C)(C(=O)O)c1ccc(-c2ccccc2F)cc1. The Balaban J connectivity index is 2.43. The summed E-state index contributed by atoms with van der Waals surface area (Å²) in [5, 5.41) is 9.45. The summed E-state index contributed by atoms with van der Waals surface area (Å²) < 4.78 is 18.7. The number of esters is 1. The minimum atomic E-state index is -1.80. The van der Waals surface area contributed by atoms with Crippen molar-refractivity contribution in [2.45, 2.75) is 19.3 Å². The molecule has 1 N–H and O–H groups in total. The number of rotatable bonds is 5. The van der Waals surface area contributed by atoms with Gasteiger partial charge in [0.25, 0.3) is 0 Å². The smallest absolute Gasteiger partial charge is 0.327 e. The Labute approximate surface area is 133 Å². The normalized spacial score (nSPS) is 13.2. The van der Waals surface area contributed by atoms with Crippen molar-refractivity contribution in [2.75, 3.05) is 6.61 Å². The Morgan fingerprint density at radius 2 is 1.74 bits per heavy atom. The number of benzene rings is 2. The fourth-order valence-electron chi connectivity index (χ4n) is 2.28. The Bertz CT molecular complexity index is 724. The first kappa shape index (κ1) is 16.7. The molecular weight excluding hydrogens is 299 g/mol. The number of ether oxygens (including phenoxy) is 1. The molecule has 0 aliphatic carbocycles. The predicted molar refractivity (Wildman–Crippen MR) is 83.5 cm³/mol. The van der Waals surface area contributed by atoms with Gasteiger partial charge in [-0.1, -0.05) is 42.5 Å². The van der Waals surface area contributed by atoms with Gasteiger partial charge < -0.3 is 9.84 Å². The van der Waals surface area contributed by atoms with Gasteiger partial charge in [0.05, 0.1) is 6.61 Å². The van der Waals surface area contributed by atoms with Crippen LogP contribution in [-0.4, -0.2) is 23.7 Å². The third-order valence-electron chi connectivity index (χ3n) is 3.76. The van der Waals surface area contributed by atoms with Crippen LogP contribution in [0, 0.1) is 5.82 Å². The highest BCUT2D eigenvalue weighted by atomic mass is 19.1. The summed E-state index contributed by atoms with van der Waals surface area (Å²) in [7, 11) is 0. The summed E-state index contributed by atoms with van der Waals surface area (Å²) in [6.07, 6.45) is 0. The average molecular weight is 316 g/mol. The molecule has 0 amide bonds. The molecule has 0 fully saturated rings. The molecule has 0 aromatic heterocycles. The summed E-state index contributed by atoms with van der Waals surface area (Å²) in [5.74, 6) is -2.49. The second-order valence-corrected chi connectivity index (χ2v) is 5.21. The molecule has 2 rings (SSSR count). The highest BCUT2D eigenvalue weighted by Crippen LogP contribution is 2.29. The largest absolute Gasteiger partial charge is 0.480 e. The Kier molecular flexibility index (Phi) is 4.79. The minimum Gasteiger partial charge on any atom is -0.480 e. The van der Waals surface area contributed by atoms with Crippen molar-refractivity contribution >= 4 is 11.9 Å². The van der Waals surface area contributed by atoms with Crippen LogP contribution >= 0.6 is 0 Å². The first-order valence-electron chi connectivity index (χ1n) is 7.17.